The van der Waals surface area contributed by atoms with E-state index >= 15 is 0 Å². The number of amides is 1. The number of ether oxygens (including phenoxy) is 1. The van der Waals surface area contributed by atoms with Crippen molar-refractivity contribution in [3.05, 3.63) is 60.2 Å². The van der Waals surface area contributed by atoms with Crippen LogP contribution in [0.25, 0.3) is 15.8 Å². The van der Waals surface area contributed by atoms with Crippen molar-refractivity contribution in [2.24, 2.45) is 0 Å². The largest absolute Gasteiger partial charge is 0.494 e. The Balaban J connectivity index is 1.55. The van der Waals surface area contributed by atoms with Gasteiger partial charge in [-0.3, -0.25) is 4.79 Å². The molecule has 1 fully saturated rings. The molecule has 1 aromatic carbocycles. The number of thiophene rings is 1. The molecule has 2 aromatic heterocycles. The van der Waals surface area contributed by atoms with Gasteiger partial charge in [0.25, 0.3) is 0 Å². The Kier molecular flexibility index (Phi) is 6.52. The molecule has 1 saturated heterocycles. The van der Waals surface area contributed by atoms with Gasteiger partial charge in [0.05, 0.1) is 29.9 Å². The average molecular weight is 489 g/mol. The molecule has 3 heterocycles. The molecule has 0 unspecified atom stereocenters. The summed E-state index contributed by atoms with van der Waals surface area (Å²) in [6.45, 7) is 7.20. The summed E-state index contributed by atoms with van der Waals surface area (Å²) in [6, 6.07) is 5.89. The van der Waals surface area contributed by atoms with Gasteiger partial charge in [0.1, 0.15) is 10.6 Å². The van der Waals surface area contributed by atoms with E-state index in [0.717, 1.165) is 59.8 Å². The molecule has 0 spiro atoms. The molecular formula is C26H28N6O2S. The maximum Gasteiger partial charge on any atom is 0.247 e. The van der Waals surface area contributed by atoms with E-state index in [1.807, 2.05) is 17.5 Å². The lowest BCUT2D eigenvalue weighted by molar-refractivity contribution is -0.111. The predicted octanol–water partition coefficient (Wildman–Crippen LogP) is 4.66. The molecule has 180 valence electrons. The molecule has 9 heteroatoms. The van der Waals surface area contributed by atoms with E-state index in [4.69, 9.17) is 14.7 Å². The van der Waals surface area contributed by atoms with E-state index in [9.17, 15) is 4.79 Å². The second-order valence-corrected chi connectivity index (χ2v) is 9.41. The highest BCUT2D eigenvalue weighted by Crippen LogP contribution is 2.39. The number of nitrogens with zero attached hydrogens (tertiary/aromatic N) is 4. The Morgan fingerprint density at radius 1 is 1.20 bits per heavy atom. The van der Waals surface area contributed by atoms with Gasteiger partial charge in [-0.1, -0.05) is 24.8 Å². The Hall–Kier alpha value is -3.69. The van der Waals surface area contributed by atoms with Crippen molar-refractivity contribution >= 4 is 56.0 Å². The number of likely N-dealkylation sites (N-methyl/N-ethyl adjacent to an activating group) is 1. The number of benzene rings is 1. The smallest absolute Gasteiger partial charge is 0.247 e. The van der Waals surface area contributed by atoms with Crippen LogP contribution in [0.5, 0.6) is 5.75 Å². The van der Waals surface area contributed by atoms with E-state index < -0.39 is 0 Å². The first-order chi connectivity index (χ1) is 17.1. The topological polar surface area (TPSA) is 82.6 Å². The Morgan fingerprint density at radius 3 is 2.74 bits per heavy atom. The standard InChI is InChI=1S/C26H28N6O2S/c1-4-23(33)27-19-15-20(22(34-3)16-21(19)32-12-10-31(2)11-13-32)28-26-29-24(17-7-5-6-8-17)18-9-14-35-25(18)30-26/h4-5,7-9,14-16H,1,6,10-13H2,2-3H3,(H,27,33)(H,28,29,30). The van der Waals surface area contributed by atoms with Crippen LogP contribution in [0.4, 0.5) is 23.0 Å². The first-order valence-electron chi connectivity index (χ1n) is 11.5. The number of piperazine rings is 1. The van der Waals surface area contributed by atoms with Gasteiger partial charge in [0.2, 0.25) is 11.9 Å². The molecule has 5 rings (SSSR count). The van der Waals surface area contributed by atoms with Crippen LogP contribution in [-0.2, 0) is 4.79 Å². The number of allylic oxidation sites excluding steroid dienone is 4. The molecule has 0 radical (unpaired) electrons. The van der Waals surface area contributed by atoms with Gasteiger partial charge in [-0.2, -0.15) is 0 Å². The zero-order valence-corrected chi connectivity index (χ0v) is 20.7. The second-order valence-electron chi connectivity index (χ2n) is 8.51. The molecule has 0 atom stereocenters. The first kappa shape index (κ1) is 23.1. The summed E-state index contributed by atoms with van der Waals surface area (Å²) in [5, 5.41) is 9.37. The minimum Gasteiger partial charge on any atom is -0.494 e. The van der Waals surface area contributed by atoms with Crippen LogP contribution >= 0.6 is 11.3 Å². The fraction of sp³-hybridized carbons (Fsp3) is 0.269. The number of rotatable bonds is 7. The van der Waals surface area contributed by atoms with Crippen molar-refractivity contribution in [2.45, 2.75) is 6.42 Å². The number of hydrogen-bond acceptors (Lipinski definition) is 8. The van der Waals surface area contributed by atoms with E-state index in [-0.39, 0.29) is 5.91 Å². The summed E-state index contributed by atoms with van der Waals surface area (Å²) in [5.74, 6) is 0.852. The Labute approximate surface area is 208 Å². The number of fused-ring (bicyclic) bond motifs is 1. The number of nitrogens with one attached hydrogen (secondary N) is 2. The minimum atomic E-state index is -0.269. The van der Waals surface area contributed by atoms with E-state index in [1.165, 1.54) is 6.08 Å². The molecule has 0 saturated carbocycles. The molecule has 1 aliphatic carbocycles. The maximum atomic E-state index is 12.3. The lowest BCUT2D eigenvalue weighted by atomic mass is 10.1. The van der Waals surface area contributed by atoms with Gasteiger partial charge in [-0.15, -0.1) is 11.3 Å². The van der Waals surface area contributed by atoms with E-state index in [0.29, 0.717) is 23.1 Å². The summed E-state index contributed by atoms with van der Waals surface area (Å²) in [6.07, 6.45) is 8.56. The molecule has 8 nitrogen and oxygen atoms in total. The van der Waals surface area contributed by atoms with E-state index in [1.54, 1.807) is 18.4 Å². The maximum absolute atomic E-state index is 12.3. The van der Waals surface area contributed by atoms with Crippen LogP contribution in [0.1, 0.15) is 12.1 Å². The van der Waals surface area contributed by atoms with Crippen LogP contribution in [0.3, 0.4) is 0 Å². The quantitative estimate of drug-likeness (QED) is 0.468. The highest BCUT2D eigenvalue weighted by atomic mass is 32.1. The van der Waals surface area contributed by atoms with E-state index in [2.05, 4.69) is 58.4 Å². The van der Waals surface area contributed by atoms with Crippen molar-refractivity contribution in [1.82, 2.24) is 14.9 Å². The van der Waals surface area contributed by atoms with Crippen LogP contribution < -0.4 is 20.3 Å². The number of methoxy groups -OCH3 is 1. The summed E-state index contributed by atoms with van der Waals surface area (Å²) >= 11 is 1.58. The fourth-order valence-corrected chi connectivity index (χ4v) is 5.08. The van der Waals surface area contributed by atoms with Crippen molar-refractivity contribution in [1.29, 1.82) is 0 Å². The molecule has 1 amide bonds. The zero-order chi connectivity index (χ0) is 24.4. The monoisotopic (exact) mass is 488 g/mol. The van der Waals surface area contributed by atoms with Crippen molar-refractivity contribution < 1.29 is 9.53 Å². The van der Waals surface area contributed by atoms with Crippen molar-refractivity contribution in [3.8, 4) is 5.75 Å². The van der Waals surface area contributed by atoms with Crippen LogP contribution in [0.2, 0.25) is 0 Å². The van der Waals surface area contributed by atoms with Gasteiger partial charge in [-0.05, 0) is 42.6 Å². The summed E-state index contributed by atoms with van der Waals surface area (Å²) in [5.41, 5.74) is 4.26. The molecule has 2 aliphatic rings. The molecule has 0 bridgehead atoms. The molecule has 35 heavy (non-hydrogen) atoms. The number of aromatic nitrogens is 2. The summed E-state index contributed by atoms with van der Waals surface area (Å²) in [7, 11) is 3.75. The molecule has 3 aromatic rings. The van der Waals surface area contributed by atoms with Crippen LogP contribution in [-0.4, -0.2) is 61.1 Å². The minimum absolute atomic E-state index is 0.269. The van der Waals surface area contributed by atoms with Gasteiger partial charge in [0.15, 0.2) is 0 Å². The normalized spacial score (nSPS) is 15.8. The number of hydrogen-bond donors (Lipinski definition) is 2. The second kappa shape index (κ2) is 9.89. The Bertz CT molecular complexity index is 1340. The number of carbonyl (C=O) groups excluding carboxylic acids is 1. The highest BCUT2D eigenvalue weighted by molar-refractivity contribution is 7.16. The first-order valence-corrected chi connectivity index (χ1v) is 12.4. The Morgan fingerprint density at radius 2 is 2.03 bits per heavy atom. The summed E-state index contributed by atoms with van der Waals surface area (Å²) < 4.78 is 5.75. The number of carbonyl (C=O) groups is 1. The third-order valence-electron chi connectivity index (χ3n) is 6.22. The fourth-order valence-electron chi connectivity index (χ4n) is 4.31. The van der Waals surface area contributed by atoms with Gasteiger partial charge < -0.3 is 25.2 Å². The highest BCUT2D eigenvalue weighted by Gasteiger charge is 2.21. The predicted molar refractivity (Wildman–Crippen MR) is 144 cm³/mol. The van der Waals surface area contributed by atoms with Crippen LogP contribution in [0, 0.1) is 0 Å². The third-order valence-corrected chi connectivity index (χ3v) is 7.03. The molecular weight excluding hydrogens is 460 g/mol. The average Bonchev–Trinajstić information content (AvgIpc) is 3.57. The third kappa shape index (κ3) is 4.78. The molecule has 2 N–H and O–H groups in total. The van der Waals surface area contributed by atoms with Gasteiger partial charge in [-0.25, -0.2) is 9.97 Å². The lowest BCUT2D eigenvalue weighted by Gasteiger charge is -2.35. The van der Waals surface area contributed by atoms with Crippen molar-refractivity contribution in [3.63, 3.8) is 0 Å². The summed E-state index contributed by atoms with van der Waals surface area (Å²) in [4.78, 5) is 27.3. The van der Waals surface area contributed by atoms with Crippen LogP contribution in [0.15, 0.2) is 54.5 Å². The number of anilines is 4. The SMILES string of the molecule is C=CC(=O)Nc1cc(Nc2nc(C3=CCC=C3)c3ccsc3n2)c(OC)cc1N1CCN(C)CC1. The lowest BCUT2D eigenvalue weighted by Crippen LogP contribution is -2.44. The van der Waals surface area contributed by atoms with Crippen molar-refractivity contribution in [2.75, 3.05) is 55.9 Å². The van der Waals surface area contributed by atoms with Gasteiger partial charge in [0, 0.05) is 37.6 Å². The molecule has 1 aliphatic heterocycles. The van der Waals surface area contributed by atoms with Gasteiger partial charge >= 0.3 is 0 Å². The zero-order valence-electron chi connectivity index (χ0n) is 19.9.